The normalized spacial score (nSPS) is 18.3. The molecule has 1 saturated heterocycles. The average molecular weight is 454 g/mol. The molecule has 0 aliphatic carbocycles. The first-order valence-corrected chi connectivity index (χ1v) is 11.2. The summed E-state index contributed by atoms with van der Waals surface area (Å²) in [4.78, 5) is 26.3. The molecule has 0 bridgehead atoms. The van der Waals surface area contributed by atoms with Gasteiger partial charge < -0.3 is 25.4 Å². The van der Waals surface area contributed by atoms with Gasteiger partial charge in [0.25, 0.3) is 5.91 Å². The lowest BCUT2D eigenvalue weighted by atomic mass is 9.87. The van der Waals surface area contributed by atoms with E-state index in [1.54, 1.807) is 14.2 Å². The summed E-state index contributed by atoms with van der Waals surface area (Å²) in [5.41, 5.74) is 8.28. The number of piperidine rings is 1. The molecular weight excluding hydrogens is 422 g/mol. The van der Waals surface area contributed by atoms with Crippen LogP contribution in [0.3, 0.4) is 0 Å². The van der Waals surface area contributed by atoms with Gasteiger partial charge in [0.15, 0.2) is 0 Å². The van der Waals surface area contributed by atoms with Crippen LogP contribution in [-0.2, 0) is 4.79 Å². The Bertz CT molecular complexity index is 1060. The highest BCUT2D eigenvalue weighted by atomic mass is 16.5. The number of nitrogens with zero attached hydrogens (tertiary/aromatic N) is 3. The number of benzene rings is 1. The van der Waals surface area contributed by atoms with Crippen LogP contribution in [-0.4, -0.2) is 60.3 Å². The maximum atomic E-state index is 12.6. The number of carbonyl (C=O) groups is 2. The third-order valence-corrected chi connectivity index (χ3v) is 6.80. The Labute approximate surface area is 193 Å². The molecule has 2 aliphatic heterocycles. The van der Waals surface area contributed by atoms with Crippen molar-refractivity contribution in [1.82, 2.24) is 14.7 Å². The van der Waals surface area contributed by atoms with E-state index in [-0.39, 0.29) is 11.9 Å². The molecule has 0 spiro atoms. The van der Waals surface area contributed by atoms with Crippen LogP contribution in [0.15, 0.2) is 24.8 Å². The molecule has 176 valence electrons. The van der Waals surface area contributed by atoms with Crippen molar-refractivity contribution >= 4 is 17.6 Å². The van der Waals surface area contributed by atoms with Crippen molar-refractivity contribution in [3.63, 3.8) is 0 Å². The van der Waals surface area contributed by atoms with Crippen LogP contribution in [0.1, 0.15) is 41.2 Å². The van der Waals surface area contributed by atoms with Crippen LogP contribution < -0.4 is 20.5 Å². The van der Waals surface area contributed by atoms with E-state index in [1.165, 1.54) is 6.08 Å². The molecule has 1 atom stereocenters. The summed E-state index contributed by atoms with van der Waals surface area (Å²) < 4.78 is 13.0. The highest BCUT2D eigenvalue weighted by Gasteiger charge is 2.36. The molecule has 1 aromatic heterocycles. The molecule has 9 nitrogen and oxygen atoms in total. The number of methoxy groups -OCH3 is 2. The van der Waals surface area contributed by atoms with Gasteiger partial charge in [0.2, 0.25) is 5.91 Å². The largest absolute Gasteiger partial charge is 0.496 e. The summed E-state index contributed by atoms with van der Waals surface area (Å²) in [5.74, 6) is 1.72. The summed E-state index contributed by atoms with van der Waals surface area (Å²) >= 11 is 0. The van der Waals surface area contributed by atoms with Gasteiger partial charge in [-0.25, -0.2) is 4.68 Å². The smallest absolute Gasteiger partial charge is 0.254 e. The fourth-order valence-electron chi connectivity index (χ4n) is 5.03. The number of anilines is 1. The Hall–Kier alpha value is -3.49. The molecule has 1 unspecified atom stereocenters. The number of hydrogen-bond acceptors (Lipinski definition) is 6. The maximum absolute atomic E-state index is 12.6. The minimum absolute atomic E-state index is 0.0286. The van der Waals surface area contributed by atoms with Crippen LogP contribution in [0.25, 0.3) is 11.3 Å². The van der Waals surface area contributed by atoms with Gasteiger partial charge in [-0.2, -0.15) is 5.10 Å². The molecule has 3 heterocycles. The van der Waals surface area contributed by atoms with Crippen molar-refractivity contribution in [2.45, 2.75) is 32.2 Å². The Balaban J connectivity index is 1.73. The fraction of sp³-hybridized carbons (Fsp3) is 0.458. The molecule has 1 fully saturated rings. The highest BCUT2D eigenvalue weighted by Crippen LogP contribution is 2.42. The van der Waals surface area contributed by atoms with Crippen LogP contribution in [0.4, 0.5) is 5.82 Å². The molecule has 0 saturated carbocycles. The molecule has 2 amide bonds. The number of carbonyl (C=O) groups excluding carboxylic acids is 2. The number of rotatable bonds is 6. The number of nitrogens with two attached hydrogens (primary N) is 1. The number of amides is 2. The summed E-state index contributed by atoms with van der Waals surface area (Å²) in [5, 5.41) is 8.23. The second kappa shape index (κ2) is 9.17. The van der Waals surface area contributed by atoms with Crippen molar-refractivity contribution in [3.05, 3.63) is 35.9 Å². The van der Waals surface area contributed by atoms with Gasteiger partial charge in [-0.05, 0) is 50.3 Å². The first-order valence-electron chi connectivity index (χ1n) is 11.2. The zero-order valence-electron chi connectivity index (χ0n) is 19.4. The van der Waals surface area contributed by atoms with Gasteiger partial charge in [0.1, 0.15) is 28.6 Å². The Morgan fingerprint density at radius 3 is 2.36 bits per heavy atom. The molecule has 2 aromatic rings. The van der Waals surface area contributed by atoms with Crippen molar-refractivity contribution in [2.24, 2.45) is 11.7 Å². The number of ether oxygens (including phenoxy) is 2. The second-order valence-electron chi connectivity index (χ2n) is 8.54. The summed E-state index contributed by atoms with van der Waals surface area (Å²) in [6, 6.07) is 3.82. The Kier molecular flexibility index (Phi) is 6.31. The van der Waals surface area contributed by atoms with E-state index >= 15 is 0 Å². The van der Waals surface area contributed by atoms with E-state index in [2.05, 4.69) is 11.9 Å². The summed E-state index contributed by atoms with van der Waals surface area (Å²) in [6.45, 7) is 7.61. The third kappa shape index (κ3) is 4.03. The van der Waals surface area contributed by atoms with Crippen molar-refractivity contribution < 1.29 is 19.1 Å². The van der Waals surface area contributed by atoms with Crippen molar-refractivity contribution in [2.75, 3.05) is 39.2 Å². The van der Waals surface area contributed by atoms with Crippen LogP contribution in [0.2, 0.25) is 0 Å². The van der Waals surface area contributed by atoms with Crippen LogP contribution in [0, 0.1) is 12.8 Å². The van der Waals surface area contributed by atoms with E-state index in [0.29, 0.717) is 53.1 Å². The number of likely N-dealkylation sites (tertiary alicyclic amines) is 1. The predicted octanol–water partition coefficient (Wildman–Crippen LogP) is 2.76. The molecule has 2 aliphatic rings. The molecule has 4 rings (SSSR count). The molecule has 3 N–H and O–H groups in total. The Morgan fingerprint density at radius 2 is 1.82 bits per heavy atom. The number of primary amides is 1. The second-order valence-corrected chi connectivity index (χ2v) is 8.54. The van der Waals surface area contributed by atoms with Crippen molar-refractivity contribution in [3.8, 4) is 22.8 Å². The number of fused-ring (bicyclic) bond motifs is 1. The van der Waals surface area contributed by atoms with Gasteiger partial charge in [0.05, 0.1) is 20.3 Å². The lowest BCUT2D eigenvalue weighted by molar-refractivity contribution is -0.127. The quantitative estimate of drug-likeness (QED) is 0.651. The number of aromatic nitrogens is 2. The summed E-state index contributed by atoms with van der Waals surface area (Å²) in [6.07, 6.45) is 3.99. The lowest BCUT2D eigenvalue weighted by Crippen LogP contribution is -2.41. The van der Waals surface area contributed by atoms with Crippen LogP contribution in [0.5, 0.6) is 11.5 Å². The first-order chi connectivity index (χ1) is 15.9. The standard InChI is InChI=1S/C24H31N5O4/c1-5-20(30)28-10-7-15(8-11-28)17-6-9-26-24-21(23(25)31)22(27-29(17)24)16-12-18(32-3)14(2)19(13-16)33-4/h5,12-13,15,17,26H,1,6-11H2,2-4H3,(H2,25,31). The first kappa shape index (κ1) is 22.7. The Morgan fingerprint density at radius 1 is 1.18 bits per heavy atom. The lowest BCUT2D eigenvalue weighted by Gasteiger charge is -2.38. The molecule has 1 aromatic carbocycles. The van der Waals surface area contributed by atoms with Crippen molar-refractivity contribution in [1.29, 1.82) is 0 Å². The summed E-state index contributed by atoms with van der Waals surface area (Å²) in [7, 11) is 3.19. The minimum atomic E-state index is -0.538. The molecule has 0 radical (unpaired) electrons. The monoisotopic (exact) mass is 453 g/mol. The predicted molar refractivity (Wildman–Crippen MR) is 126 cm³/mol. The van der Waals surface area contributed by atoms with E-state index in [9.17, 15) is 9.59 Å². The number of hydrogen-bond donors (Lipinski definition) is 2. The van der Waals surface area contributed by atoms with E-state index in [1.807, 2.05) is 28.6 Å². The van der Waals surface area contributed by atoms with Crippen LogP contribution >= 0.6 is 0 Å². The van der Waals surface area contributed by atoms with E-state index in [0.717, 1.165) is 31.4 Å². The van der Waals surface area contributed by atoms with Gasteiger partial charge >= 0.3 is 0 Å². The maximum Gasteiger partial charge on any atom is 0.254 e. The molecular formula is C24H31N5O4. The van der Waals surface area contributed by atoms with Gasteiger partial charge in [0, 0.05) is 30.8 Å². The van der Waals surface area contributed by atoms with Gasteiger partial charge in [-0.1, -0.05) is 6.58 Å². The molecule has 33 heavy (non-hydrogen) atoms. The highest BCUT2D eigenvalue weighted by molar-refractivity contribution is 6.04. The van der Waals surface area contributed by atoms with E-state index < -0.39 is 5.91 Å². The third-order valence-electron chi connectivity index (χ3n) is 6.80. The fourth-order valence-corrected chi connectivity index (χ4v) is 5.03. The van der Waals surface area contributed by atoms with E-state index in [4.69, 9.17) is 20.3 Å². The number of nitrogens with one attached hydrogen (secondary N) is 1. The zero-order valence-corrected chi connectivity index (χ0v) is 19.4. The topological polar surface area (TPSA) is 112 Å². The van der Waals surface area contributed by atoms with Gasteiger partial charge in [-0.3, -0.25) is 9.59 Å². The SMILES string of the molecule is C=CC(=O)N1CCC(C2CCNc3c(C(N)=O)c(-c4cc(OC)c(C)c(OC)c4)nn32)CC1. The van der Waals surface area contributed by atoms with Gasteiger partial charge in [-0.15, -0.1) is 0 Å². The molecule has 9 heteroatoms. The average Bonchev–Trinajstić information content (AvgIpc) is 3.24. The minimum Gasteiger partial charge on any atom is -0.496 e. The zero-order chi connectivity index (χ0) is 23.7.